The van der Waals surface area contributed by atoms with Crippen LogP contribution >= 0.6 is 0 Å². The minimum Gasteiger partial charge on any atom is -0.507 e. The minimum atomic E-state index is -1.22. The number of anilines is 1. The Hall–Kier alpha value is -3.96. The molecule has 35 heavy (non-hydrogen) atoms. The van der Waals surface area contributed by atoms with Crippen molar-refractivity contribution in [3.8, 4) is 5.75 Å². The number of aromatic hydroxyl groups is 1. The molecule has 11 nitrogen and oxygen atoms in total. The molecule has 3 aliphatic carbocycles. The van der Waals surface area contributed by atoms with Gasteiger partial charge in [-0.1, -0.05) is 13.8 Å². The molecule has 0 fully saturated rings. The zero-order valence-electron chi connectivity index (χ0n) is 19.3. The summed E-state index contributed by atoms with van der Waals surface area (Å²) in [5.74, 6) is 1.03. The van der Waals surface area contributed by atoms with Gasteiger partial charge < -0.3 is 37.6 Å². The molecule has 0 heterocycles. The molecule has 1 aromatic carbocycles. The Bertz CT molecular complexity index is 1280. The highest BCUT2D eigenvalue weighted by Gasteiger charge is 2.49. The largest absolute Gasteiger partial charge is 0.507 e. The lowest BCUT2D eigenvalue weighted by Gasteiger charge is -2.41. The fraction of sp³-hybridized carbons (Fsp3) is 0.333. The van der Waals surface area contributed by atoms with Crippen molar-refractivity contribution in [1.29, 1.82) is 0 Å². The van der Waals surface area contributed by atoms with Gasteiger partial charge in [-0.2, -0.15) is 0 Å². The summed E-state index contributed by atoms with van der Waals surface area (Å²) in [4.78, 5) is 24.4. The van der Waals surface area contributed by atoms with E-state index in [4.69, 9.17) is 23.0 Å². The van der Waals surface area contributed by atoms with Gasteiger partial charge in [-0.3, -0.25) is 14.6 Å². The monoisotopic (exact) mass is 483 g/mol. The van der Waals surface area contributed by atoms with Crippen molar-refractivity contribution in [2.75, 3.05) is 5.01 Å². The molecule has 3 atom stereocenters. The SMILES string of the molecule is CC(C)/C(N)=C/N(N)c1ccc(O)c2c1CC1CC3C(=C(O)C1=C2O)C(O)=C(C(N)=O)C(=O)C3N. The molecule has 0 radical (unpaired) electrons. The van der Waals surface area contributed by atoms with Gasteiger partial charge in [0.25, 0.3) is 5.91 Å². The Kier molecular flexibility index (Phi) is 5.78. The number of hydrogen-bond acceptors (Lipinski definition) is 10. The van der Waals surface area contributed by atoms with Crippen molar-refractivity contribution in [1.82, 2.24) is 0 Å². The molecule has 0 aromatic heterocycles. The van der Waals surface area contributed by atoms with E-state index in [0.717, 1.165) is 0 Å². The van der Waals surface area contributed by atoms with Crippen LogP contribution in [0, 0.1) is 17.8 Å². The molecule has 0 saturated heterocycles. The van der Waals surface area contributed by atoms with Crippen molar-refractivity contribution >= 4 is 23.1 Å². The molecule has 1 amide bonds. The number of phenolic OH excluding ortho intramolecular Hbond substituents is 1. The average Bonchev–Trinajstić information content (AvgIpc) is 2.76. The zero-order chi connectivity index (χ0) is 25.9. The predicted molar refractivity (Wildman–Crippen MR) is 128 cm³/mol. The zero-order valence-corrected chi connectivity index (χ0v) is 19.3. The first-order chi connectivity index (χ1) is 16.4. The first kappa shape index (κ1) is 24.2. The molecule has 0 saturated carbocycles. The van der Waals surface area contributed by atoms with Crippen LogP contribution in [0.15, 0.2) is 52.3 Å². The lowest BCUT2D eigenvalue weighted by molar-refractivity contribution is -0.123. The van der Waals surface area contributed by atoms with E-state index in [1.807, 2.05) is 13.8 Å². The number of allylic oxidation sites excluding steroid dienone is 3. The van der Waals surface area contributed by atoms with E-state index in [1.54, 1.807) is 12.3 Å². The van der Waals surface area contributed by atoms with E-state index in [2.05, 4.69) is 0 Å². The molecule has 0 aliphatic heterocycles. The Labute approximate surface area is 201 Å². The van der Waals surface area contributed by atoms with Crippen molar-refractivity contribution in [3.05, 3.63) is 63.4 Å². The van der Waals surface area contributed by atoms with Crippen LogP contribution in [0.25, 0.3) is 5.76 Å². The molecular formula is C24H29N5O6. The van der Waals surface area contributed by atoms with Crippen molar-refractivity contribution in [2.24, 2.45) is 40.8 Å². The van der Waals surface area contributed by atoms with Crippen LogP contribution in [0.3, 0.4) is 0 Å². The molecule has 186 valence electrons. The number of phenols is 1. The molecule has 1 aromatic rings. The Morgan fingerprint density at radius 1 is 1.09 bits per heavy atom. The number of ketones is 1. The number of Topliss-reactive ketones (excluding diaryl/α,β-unsaturated/α-hetero) is 1. The Morgan fingerprint density at radius 3 is 2.34 bits per heavy atom. The normalized spacial score (nSPS) is 24.4. The van der Waals surface area contributed by atoms with Gasteiger partial charge in [0.15, 0.2) is 5.78 Å². The summed E-state index contributed by atoms with van der Waals surface area (Å²) in [5.41, 5.74) is 18.2. The smallest absolute Gasteiger partial charge is 0.256 e. The third-order valence-corrected chi connectivity index (χ3v) is 6.99. The summed E-state index contributed by atoms with van der Waals surface area (Å²) in [6.07, 6.45) is 1.95. The second kappa shape index (κ2) is 8.36. The number of carbonyl (C=O) groups excluding carboxylic acids is 2. The minimum absolute atomic E-state index is 0.0316. The molecule has 4 rings (SSSR count). The standard InChI is InChI=1S/C24H29N5O6/c1-8(2)12(25)7-29(28)13-3-4-14(30)16-10(13)5-9-6-11-17(21(32)15(9)20(16)31)22(33)18(24(27)35)23(34)19(11)26/h3-4,7-9,11,19,30-33H,5-6,25-26,28H2,1-2H3,(H2,27,35)/b12-7-. The maximum atomic E-state index is 12.6. The molecular weight excluding hydrogens is 454 g/mol. The highest BCUT2D eigenvalue weighted by molar-refractivity contribution is 6.22. The van der Waals surface area contributed by atoms with Crippen molar-refractivity contribution in [3.63, 3.8) is 0 Å². The number of primary amides is 1. The van der Waals surface area contributed by atoms with Crippen molar-refractivity contribution in [2.45, 2.75) is 32.7 Å². The maximum absolute atomic E-state index is 12.6. The first-order valence-electron chi connectivity index (χ1n) is 11.1. The predicted octanol–water partition coefficient (Wildman–Crippen LogP) is 1.01. The van der Waals surface area contributed by atoms with Gasteiger partial charge in [0.2, 0.25) is 0 Å². The van der Waals surface area contributed by atoms with E-state index < -0.39 is 52.4 Å². The summed E-state index contributed by atoms with van der Waals surface area (Å²) < 4.78 is 0. The quantitative estimate of drug-likeness (QED) is 0.172. The lowest BCUT2D eigenvalue weighted by atomic mass is 9.65. The van der Waals surface area contributed by atoms with Gasteiger partial charge in [0, 0.05) is 29.0 Å². The molecule has 12 N–H and O–H groups in total. The number of rotatable bonds is 4. The topological polar surface area (TPSA) is 222 Å². The maximum Gasteiger partial charge on any atom is 0.256 e. The van der Waals surface area contributed by atoms with Gasteiger partial charge in [-0.15, -0.1) is 0 Å². The Morgan fingerprint density at radius 2 is 1.74 bits per heavy atom. The van der Waals surface area contributed by atoms with Gasteiger partial charge in [0.1, 0.15) is 28.6 Å². The second-order valence-corrected chi connectivity index (χ2v) is 9.39. The van der Waals surface area contributed by atoms with Crippen LogP contribution in [0.4, 0.5) is 5.69 Å². The summed E-state index contributed by atoms with van der Waals surface area (Å²) in [6, 6.07) is 1.72. The fourth-order valence-electron chi connectivity index (χ4n) is 5.10. The molecule has 0 spiro atoms. The third kappa shape index (κ3) is 3.60. The molecule has 0 bridgehead atoms. The molecule has 3 aliphatic rings. The highest BCUT2D eigenvalue weighted by Crippen LogP contribution is 2.52. The van der Waals surface area contributed by atoms with Crippen LogP contribution in [0.2, 0.25) is 0 Å². The fourth-order valence-corrected chi connectivity index (χ4v) is 5.10. The van der Waals surface area contributed by atoms with E-state index in [0.29, 0.717) is 16.9 Å². The number of nitrogens with zero attached hydrogens (tertiary/aromatic N) is 1. The highest BCUT2D eigenvalue weighted by atomic mass is 16.3. The van der Waals surface area contributed by atoms with Gasteiger partial charge >= 0.3 is 0 Å². The second-order valence-electron chi connectivity index (χ2n) is 9.39. The van der Waals surface area contributed by atoms with E-state index in [9.17, 15) is 30.0 Å². The van der Waals surface area contributed by atoms with E-state index in [-0.39, 0.29) is 41.2 Å². The molecule has 3 unspecified atom stereocenters. The third-order valence-electron chi connectivity index (χ3n) is 6.99. The van der Waals surface area contributed by atoms with Gasteiger partial charge in [-0.25, -0.2) is 5.84 Å². The first-order valence-corrected chi connectivity index (χ1v) is 11.1. The van der Waals surface area contributed by atoms with Crippen LogP contribution < -0.4 is 28.1 Å². The summed E-state index contributed by atoms with van der Waals surface area (Å²) in [7, 11) is 0. The summed E-state index contributed by atoms with van der Waals surface area (Å²) >= 11 is 0. The van der Waals surface area contributed by atoms with Gasteiger partial charge in [0.05, 0.1) is 17.3 Å². The summed E-state index contributed by atoms with van der Waals surface area (Å²) in [6.45, 7) is 3.81. The van der Waals surface area contributed by atoms with Crippen LogP contribution in [0.1, 0.15) is 31.4 Å². The number of aliphatic hydroxyl groups excluding tert-OH is 3. The number of benzene rings is 1. The lowest BCUT2D eigenvalue weighted by Crippen LogP contribution is -2.49. The number of nitrogens with two attached hydrogens (primary N) is 4. The average molecular weight is 484 g/mol. The number of carbonyl (C=O) groups is 2. The molecule has 11 heteroatoms. The number of hydrogen-bond donors (Lipinski definition) is 8. The van der Waals surface area contributed by atoms with Crippen LogP contribution in [-0.4, -0.2) is 38.2 Å². The number of aliphatic hydroxyl groups is 3. The summed E-state index contributed by atoms with van der Waals surface area (Å²) in [5, 5.41) is 44.9. The van der Waals surface area contributed by atoms with Crippen molar-refractivity contribution < 1.29 is 30.0 Å². The van der Waals surface area contributed by atoms with E-state index in [1.165, 1.54) is 11.1 Å². The van der Waals surface area contributed by atoms with Crippen LogP contribution in [0.5, 0.6) is 5.75 Å². The Balaban J connectivity index is 1.93. The number of amides is 1. The van der Waals surface area contributed by atoms with E-state index >= 15 is 0 Å². The number of hydrazine groups is 1. The van der Waals surface area contributed by atoms with Gasteiger partial charge in [-0.05, 0) is 42.4 Å². The number of fused-ring (bicyclic) bond motifs is 3. The van der Waals surface area contributed by atoms with Crippen LogP contribution in [-0.2, 0) is 16.0 Å².